The van der Waals surface area contributed by atoms with Crippen LogP contribution in [0.5, 0.6) is 5.75 Å². The molecule has 3 N–H and O–H groups in total. The van der Waals surface area contributed by atoms with E-state index in [-0.39, 0.29) is 18.4 Å². The molecular formula is C23H33N3O2. The Morgan fingerprint density at radius 2 is 1.96 bits per heavy atom. The van der Waals surface area contributed by atoms with Gasteiger partial charge in [-0.05, 0) is 31.5 Å². The Bertz CT molecular complexity index is 717. The molecule has 1 unspecified atom stereocenters. The molecule has 0 aliphatic heterocycles. The van der Waals surface area contributed by atoms with Gasteiger partial charge in [0.1, 0.15) is 5.75 Å². The first-order valence-electron chi connectivity index (χ1n) is 10.3. The molecule has 0 aliphatic rings. The average Bonchev–Trinajstić information content (AvgIpc) is 2.67. The Kier molecular flexibility index (Phi) is 9.49. The van der Waals surface area contributed by atoms with Gasteiger partial charge in [0.2, 0.25) is 5.91 Å². The number of nitrogens with one attached hydrogen (secondary N) is 1. The quantitative estimate of drug-likeness (QED) is 0.496. The summed E-state index contributed by atoms with van der Waals surface area (Å²) in [6, 6.07) is 9.47. The van der Waals surface area contributed by atoms with Crippen molar-refractivity contribution in [3.8, 4) is 16.9 Å². The number of unbranched alkanes of at least 4 members (excludes halogenated alkanes) is 5. The summed E-state index contributed by atoms with van der Waals surface area (Å²) in [4.78, 5) is 16.4. The highest BCUT2D eigenvalue weighted by molar-refractivity contribution is 5.96. The Morgan fingerprint density at radius 3 is 2.68 bits per heavy atom. The first-order valence-corrected chi connectivity index (χ1v) is 10.3. The van der Waals surface area contributed by atoms with Crippen LogP contribution in [-0.2, 0) is 4.79 Å². The maximum Gasteiger partial charge on any atom is 0.225 e. The predicted octanol–water partition coefficient (Wildman–Crippen LogP) is 5.16. The second-order valence-corrected chi connectivity index (χ2v) is 7.29. The van der Waals surface area contributed by atoms with E-state index in [2.05, 4.69) is 17.2 Å². The van der Waals surface area contributed by atoms with Gasteiger partial charge in [-0.15, -0.1) is 0 Å². The largest absolute Gasteiger partial charge is 0.494 e. The average molecular weight is 384 g/mol. The zero-order valence-electron chi connectivity index (χ0n) is 17.1. The summed E-state index contributed by atoms with van der Waals surface area (Å²) in [6.07, 6.45) is 11.1. The zero-order valence-corrected chi connectivity index (χ0v) is 17.1. The normalized spacial score (nSPS) is 11.8. The van der Waals surface area contributed by atoms with Crippen molar-refractivity contribution in [2.45, 2.75) is 64.8 Å². The van der Waals surface area contributed by atoms with E-state index in [0.717, 1.165) is 29.0 Å². The molecule has 1 amide bonds. The monoisotopic (exact) mass is 383 g/mol. The number of nitrogens with two attached hydrogens (primary N) is 1. The van der Waals surface area contributed by atoms with E-state index in [0.29, 0.717) is 6.61 Å². The van der Waals surface area contributed by atoms with Crippen LogP contribution < -0.4 is 15.8 Å². The van der Waals surface area contributed by atoms with E-state index >= 15 is 0 Å². The summed E-state index contributed by atoms with van der Waals surface area (Å²) in [5.41, 5.74) is 8.34. The number of amides is 1. The number of anilines is 1. The van der Waals surface area contributed by atoms with Gasteiger partial charge in [0.15, 0.2) is 0 Å². The van der Waals surface area contributed by atoms with E-state index in [1.165, 1.54) is 32.1 Å². The molecule has 0 spiro atoms. The molecule has 2 aromatic rings. The van der Waals surface area contributed by atoms with Gasteiger partial charge in [0, 0.05) is 42.0 Å². The lowest BCUT2D eigenvalue weighted by atomic mass is 10.0. The van der Waals surface area contributed by atoms with Crippen molar-refractivity contribution < 1.29 is 9.53 Å². The summed E-state index contributed by atoms with van der Waals surface area (Å²) in [6.45, 7) is 4.73. The number of nitrogens with zero attached hydrogens (tertiary/aromatic N) is 1. The van der Waals surface area contributed by atoms with Crippen LogP contribution in [-0.4, -0.2) is 23.5 Å². The van der Waals surface area contributed by atoms with Gasteiger partial charge in [-0.1, -0.05) is 45.1 Å². The van der Waals surface area contributed by atoms with Crippen molar-refractivity contribution in [3.63, 3.8) is 0 Å². The highest BCUT2D eigenvalue weighted by atomic mass is 16.5. The van der Waals surface area contributed by atoms with E-state index in [9.17, 15) is 4.79 Å². The number of rotatable bonds is 12. The summed E-state index contributed by atoms with van der Waals surface area (Å²) in [5.74, 6) is 0.658. The summed E-state index contributed by atoms with van der Waals surface area (Å²) in [7, 11) is 0. The molecule has 5 heteroatoms. The predicted molar refractivity (Wildman–Crippen MR) is 115 cm³/mol. The van der Waals surface area contributed by atoms with Gasteiger partial charge >= 0.3 is 0 Å². The van der Waals surface area contributed by atoms with Crippen molar-refractivity contribution in [3.05, 3.63) is 42.7 Å². The Morgan fingerprint density at radius 1 is 1.18 bits per heavy atom. The van der Waals surface area contributed by atoms with Crippen LogP contribution in [0.25, 0.3) is 11.1 Å². The molecule has 0 bridgehead atoms. The standard InChI is InChI=1S/C23H33N3O2/c1-3-4-5-6-7-8-14-28-20-11-12-21(19-10-9-13-25-17-19)22(16-20)26-23(27)15-18(2)24/h9-13,16-18H,3-8,14-15,24H2,1-2H3,(H,26,27). The highest BCUT2D eigenvalue weighted by Gasteiger charge is 2.12. The number of carbonyl (C=O) groups excluding carboxylic acids is 1. The fraction of sp³-hybridized carbons (Fsp3) is 0.478. The molecule has 1 aromatic carbocycles. The van der Waals surface area contributed by atoms with Crippen molar-refractivity contribution in [1.82, 2.24) is 4.98 Å². The van der Waals surface area contributed by atoms with E-state index in [1.807, 2.05) is 37.3 Å². The van der Waals surface area contributed by atoms with Crippen LogP contribution in [0.3, 0.4) is 0 Å². The highest BCUT2D eigenvalue weighted by Crippen LogP contribution is 2.31. The summed E-state index contributed by atoms with van der Waals surface area (Å²) >= 11 is 0. The van der Waals surface area contributed by atoms with Gasteiger partial charge in [-0.25, -0.2) is 0 Å². The fourth-order valence-corrected chi connectivity index (χ4v) is 3.06. The molecule has 2 rings (SSSR count). The molecule has 1 heterocycles. The molecule has 1 atom stereocenters. The number of hydrogen-bond acceptors (Lipinski definition) is 4. The van der Waals surface area contributed by atoms with E-state index in [4.69, 9.17) is 10.5 Å². The fourth-order valence-electron chi connectivity index (χ4n) is 3.06. The number of carbonyl (C=O) groups is 1. The minimum Gasteiger partial charge on any atom is -0.494 e. The zero-order chi connectivity index (χ0) is 20.2. The van der Waals surface area contributed by atoms with Crippen LogP contribution >= 0.6 is 0 Å². The maximum atomic E-state index is 12.3. The molecule has 5 nitrogen and oxygen atoms in total. The van der Waals surface area contributed by atoms with Crippen molar-refractivity contribution >= 4 is 11.6 Å². The number of hydrogen-bond donors (Lipinski definition) is 2. The second-order valence-electron chi connectivity index (χ2n) is 7.29. The van der Waals surface area contributed by atoms with Crippen LogP contribution in [0.4, 0.5) is 5.69 Å². The molecular weight excluding hydrogens is 350 g/mol. The Balaban J connectivity index is 2.03. The van der Waals surface area contributed by atoms with Gasteiger partial charge in [-0.2, -0.15) is 0 Å². The van der Waals surface area contributed by atoms with E-state index in [1.54, 1.807) is 12.4 Å². The van der Waals surface area contributed by atoms with Crippen molar-refractivity contribution in [2.75, 3.05) is 11.9 Å². The molecule has 152 valence electrons. The van der Waals surface area contributed by atoms with Crippen LogP contribution in [0, 0.1) is 0 Å². The molecule has 0 saturated carbocycles. The second kappa shape index (κ2) is 12.1. The molecule has 0 fully saturated rings. The molecule has 28 heavy (non-hydrogen) atoms. The smallest absolute Gasteiger partial charge is 0.225 e. The molecule has 0 aliphatic carbocycles. The van der Waals surface area contributed by atoms with Crippen molar-refractivity contribution in [2.24, 2.45) is 5.73 Å². The van der Waals surface area contributed by atoms with Crippen LogP contribution in [0.1, 0.15) is 58.8 Å². The number of benzene rings is 1. The summed E-state index contributed by atoms with van der Waals surface area (Å²) in [5, 5.41) is 2.98. The van der Waals surface area contributed by atoms with Gasteiger partial charge in [-0.3, -0.25) is 9.78 Å². The summed E-state index contributed by atoms with van der Waals surface area (Å²) < 4.78 is 5.92. The third kappa shape index (κ3) is 7.69. The third-order valence-corrected chi connectivity index (χ3v) is 4.51. The topological polar surface area (TPSA) is 77.2 Å². The molecule has 0 saturated heterocycles. The number of pyridine rings is 1. The molecule has 1 aromatic heterocycles. The first-order chi connectivity index (χ1) is 13.6. The van der Waals surface area contributed by atoms with Gasteiger partial charge in [0.05, 0.1) is 12.3 Å². The number of aromatic nitrogens is 1. The minimum atomic E-state index is -0.186. The van der Waals surface area contributed by atoms with E-state index < -0.39 is 0 Å². The van der Waals surface area contributed by atoms with Crippen LogP contribution in [0.15, 0.2) is 42.7 Å². The maximum absolute atomic E-state index is 12.3. The first kappa shape index (κ1) is 21.9. The van der Waals surface area contributed by atoms with Crippen LogP contribution in [0.2, 0.25) is 0 Å². The molecule has 0 radical (unpaired) electrons. The van der Waals surface area contributed by atoms with Gasteiger partial charge < -0.3 is 15.8 Å². The number of ether oxygens (including phenoxy) is 1. The van der Waals surface area contributed by atoms with Crippen molar-refractivity contribution in [1.29, 1.82) is 0 Å². The lowest BCUT2D eigenvalue weighted by Gasteiger charge is -2.15. The lowest BCUT2D eigenvalue weighted by molar-refractivity contribution is -0.116. The Hall–Kier alpha value is -2.40. The lowest BCUT2D eigenvalue weighted by Crippen LogP contribution is -2.24. The van der Waals surface area contributed by atoms with Gasteiger partial charge in [0.25, 0.3) is 0 Å². The Labute approximate surface area is 168 Å². The minimum absolute atomic E-state index is 0.104. The SMILES string of the molecule is CCCCCCCCOc1ccc(-c2cccnc2)c(NC(=O)CC(C)N)c1. The third-order valence-electron chi connectivity index (χ3n) is 4.51.